The average molecular weight is 455 g/mol. The van der Waals surface area contributed by atoms with Gasteiger partial charge in [0.2, 0.25) is 0 Å². The number of ketones is 1. The fourth-order valence-corrected chi connectivity index (χ4v) is 3.94. The molecule has 0 aliphatic heterocycles. The Morgan fingerprint density at radius 2 is 1.41 bits per heavy atom. The molecule has 0 aliphatic carbocycles. The van der Waals surface area contributed by atoms with Crippen molar-refractivity contribution >= 4 is 73.3 Å². The Bertz CT molecular complexity index is 1440. The van der Waals surface area contributed by atoms with Crippen molar-refractivity contribution in [1.82, 2.24) is 0 Å². The van der Waals surface area contributed by atoms with Gasteiger partial charge in [-0.2, -0.15) is 13.5 Å². The van der Waals surface area contributed by atoms with Gasteiger partial charge in [0.1, 0.15) is 10.6 Å². The van der Waals surface area contributed by atoms with E-state index in [9.17, 15) is 17.8 Å². The molecule has 0 saturated carbocycles. The Morgan fingerprint density at radius 1 is 0.781 bits per heavy atom. The summed E-state index contributed by atoms with van der Waals surface area (Å²) in [6.07, 6.45) is 0. The van der Waals surface area contributed by atoms with Gasteiger partial charge in [0.15, 0.2) is 5.78 Å². The van der Waals surface area contributed by atoms with Gasteiger partial charge in [-0.05, 0) is 18.2 Å². The van der Waals surface area contributed by atoms with Crippen molar-refractivity contribution in [1.29, 1.82) is 0 Å². The monoisotopic (exact) mass is 455 g/mol. The van der Waals surface area contributed by atoms with Crippen LogP contribution in [-0.4, -0.2) is 48.3 Å². The van der Waals surface area contributed by atoms with Crippen molar-refractivity contribution in [3.05, 3.63) is 96.1 Å². The molecule has 156 valence electrons. The van der Waals surface area contributed by atoms with Crippen LogP contribution in [0.4, 0.5) is 17.1 Å². The van der Waals surface area contributed by atoms with Gasteiger partial charge in [-0.1, -0.05) is 66.7 Å². The Balaban J connectivity index is 0.00000289. The number of hydrogen-bond acceptors (Lipinski definition) is 6. The number of fused-ring (bicyclic) bond motifs is 1. The van der Waals surface area contributed by atoms with Crippen molar-refractivity contribution in [3.63, 3.8) is 0 Å². The number of nitrogen functional groups attached to an aromatic ring is 1. The molecule has 0 spiro atoms. The number of hydrogen-bond donors (Lipinski definition) is 2. The first-order valence-electron chi connectivity index (χ1n) is 9.25. The number of azo groups is 1. The van der Waals surface area contributed by atoms with Gasteiger partial charge in [-0.25, -0.2) is 0 Å². The molecule has 0 aliphatic rings. The van der Waals surface area contributed by atoms with Crippen molar-refractivity contribution in [2.75, 3.05) is 5.73 Å². The van der Waals surface area contributed by atoms with Crippen molar-refractivity contribution in [2.24, 2.45) is 10.2 Å². The predicted molar refractivity (Wildman–Crippen MR) is 126 cm³/mol. The summed E-state index contributed by atoms with van der Waals surface area (Å²) in [5.41, 5.74) is 7.86. The Kier molecular flexibility index (Phi) is 7.22. The second-order valence-corrected chi connectivity index (χ2v) is 8.16. The minimum absolute atomic E-state index is 0. The fraction of sp³-hybridized carbons (Fsp3) is 0. The summed E-state index contributed by atoms with van der Waals surface area (Å²) >= 11 is 0. The summed E-state index contributed by atoms with van der Waals surface area (Å²) in [6.45, 7) is 0. The third-order valence-corrected chi connectivity index (χ3v) is 5.62. The van der Waals surface area contributed by atoms with Gasteiger partial charge in [-0.3, -0.25) is 9.35 Å². The molecule has 0 aromatic heterocycles. The Hall–Kier alpha value is -2.88. The molecule has 0 bridgehead atoms. The molecule has 7 nitrogen and oxygen atoms in total. The second kappa shape index (κ2) is 9.72. The van der Waals surface area contributed by atoms with E-state index in [2.05, 4.69) is 10.2 Å². The molecular formula is C23H18N3NaO4S. The van der Waals surface area contributed by atoms with Gasteiger partial charge in [0.25, 0.3) is 10.1 Å². The van der Waals surface area contributed by atoms with Crippen LogP contribution in [0.1, 0.15) is 15.9 Å². The zero-order valence-corrected chi connectivity index (χ0v) is 17.0. The van der Waals surface area contributed by atoms with Crippen LogP contribution < -0.4 is 5.73 Å². The average Bonchev–Trinajstić information content (AvgIpc) is 2.78. The summed E-state index contributed by atoms with van der Waals surface area (Å²) in [4.78, 5) is 12.3. The van der Waals surface area contributed by atoms with Gasteiger partial charge in [0, 0.05) is 21.9 Å². The molecular weight excluding hydrogens is 437 g/mol. The van der Waals surface area contributed by atoms with Gasteiger partial charge in [-0.15, -0.1) is 5.11 Å². The van der Waals surface area contributed by atoms with E-state index in [0.717, 1.165) is 0 Å². The van der Waals surface area contributed by atoms with E-state index in [4.69, 9.17) is 5.73 Å². The quantitative estimate of drug-likeness (QED) is 0.149. The normalized spacial score (nSPS) is 11.4. The number of carbonyl (C=O) groups excluding carboxylic acids is 1. The molecule has 0 saturated heterocycles. The van der Waals surface area contributed by atoms with Crippen molar-refractivity contribution in [2.45, 2.75) is 4.90 Å². The maximum absolute atomic E-state index is 12.6. The van der Waals surface area contributed by atoms with Gasteiger partial charge >= 0.3 is 29.6 Å². The summed E-state index contributed by atoms with van der Waals surface area (Å²) in [5.74, 6) is -0.156. The molecule has 4 aromatic carbocycles. The van der Waals surface area contributed by atoms with E-state index in [1.165, 1.54) is 6.07 Å². The number of nitrogens with two attached hydrogens (primary N) is 1. The standard InChI is InChI=1S/C23H17N3O4S.Na.H/c24-22-19-12-5-4-11-18(19)21(31(28,29)30)14-20(22)26-25-17-10-6-9-16(13-17)23(27)15-7-2-1-3-8-15;;/h1-14H,24H2,(H,28,29,30);;. The van der Waals surface area contributed by atoms with Crippen molar-refractivity contribution < 1.29 is 17.8 Å². The third-order valence-electron chi connectivity index (χ3n) is 4.72. The molecule has 4 aromatic rings. The van der Waals surface area contributed by atoms with E-state index in [0.29, 0.717) is 22.2 Å². The van der Waals surface area contributed by atoms with Gasteiger partial charge < -0.3 is 5.73 Å². The maximum atomic E-state index is 12.6. The van der Waals surface area contributed by atoms with Crippen LogP contribution in [0.5, 0.6) is 0 Å². The molecule has 4 rings (SSSR count). The predicted octanol–water partition coefficient (Wildman–Crippen LogP) is 4.67. The molecule has 0 atom stereocenters. The van der Waals surface area contributed by atoms with E-state index in [-0.39, 0.29) is 57.0 Å². The van der Waals surface area contributed by atoms with Crippen LogP contribution in [0.3, 0.4) is 0 Å². The molecule has 9 heteroatoms. The molecule has 0 amide bonds. The topological polar surface area (TPSA) is 122 Å². The molecule has 0 radical (unpaired) electrons. The molecule has 0 fully saturated rings. The second-order valence-electron chi connectivity index (χ2n) is 6.77. The summed E-state index contributed by atoms with van der Waals surface area (Å²) in [5, 5.41) is 8.93. The third kappa shape index (κ3) is 4.95. The van der Waals surface area contributed by atoms with E-state index < -0.39 is 10.1 Å². The number of carbonyl (C=O) groups is 1. The Labute approximate surface area is 207 Å². The zero-order chi connectivity index (χ0) is 22.0. The van der Waals surface area contributed by atoms with Gasteiger partial charge in [0.05, 0.1) is 11.4 Å². The number of rotatable bonds is 5. The van der Waals surface area contributed by atoms with Crippen molar-refractivity contribution in [3.8, 4) is 0 Å². The van der Waals surface area contributed by atoms with Crippen LogP contribution in [0, 0.1) is 0 Å². The van der Waals surface area contributed by atoms with Crippen LogP contribution in [-0.2, 0) is 10.1 Å². The molecule has 3 N–H and O–H groups in total. The number of nitrogens with zero attached hydrogens (tertiary/aromatic N) is 2. The molecule has 0 heterocycles. The first-order valence-corrected chi connectivity index (χ1v) is 10.7. The van der Waals surface area contributed by atoms with E-state index in [1.807, 2.05) is 6.07 Å². The zero-order valence-electron chi connectivity index (χ0n) is 16.1. The summed E-state index contributed by atoms with van der Waals surface area (Å²) in [6, 6.07) is 23.2. The van der Waals surface area contributed by atoms with Crippen LogP contribution >= 0.6 is 0 Å². The summed E-state index contributed by atoms with van der Waals surface area (Å²) in [7, 11) is -4.50. The van der Waals surface area contributed by atoms with E-state index in [1.54, 1.807) is 72.8 Å². The summed E-state index contributed by atoms with van der Waals surface area (Å²) < 4.78 is 33.3. The number of anilines is 1. The minimum atomic E-state index is -4.50. The van der Waals surface area contributed by atoms with E-state index >= 15 is 0 Å². The van der Waals surface area contributed by atoms with Crippen LogP contribution in [0.2, 0.25) is 0 Å². The first kappa shape index (κ1) is 23.8. The number of benzene rings is 4. The SMILES string of the molecule is Nc1c(N=Nc2cccc(C(=O)c3ccccc3)c2)cc(S(=O)(=O)O)c2ccccc12.[NaH]. The Morgan fingerprint density at radius 3 is 2.09 bits per heavy atom. The first-order chi connectivity index (χ1) is 14.8. The van der Waals surface area contributed by atoms with Crippen LogP contribution in [0.15, 0.2) is 100 Å². The van der Waals surface area contributed by atoms with Crippen LogP contribution in [0.25, 0.3) is 10.8 Å². The molecule has 0 unspecified atom stereocenters. The fourth-order valence-electron chi connectivity index (χ4n) is 3.22. The molecule has 32 heavy (non-hydrogen) atoms.